The molecule has 0 spiro atoms. The quantitative estimate of drug-likeness (QED) is 0.112. The molecule has 0 radical (unpaired) electrons. The van der Waals surface area contributed by atoms with Crippen LogP contribution in [0.4, 0.5) is 17.6 Å². The summed E-state index contributed by atoms with van der Waals surface area (Å²) in [5, 5.41) is 9.69. The van der Waals surface area contributed by atoms with E-state index in [1.807, 2.05) is 133 Å². The van der Waals surface area contributed by atoms with E-state index < -0.39 is 40.3 Å². The monoisotopic (exact) mass is 1240 g/mol. The zero-order valence-corrected chi connectivity index (χ0v) is 50.9. The van der Waals surface area contributed by atoms with Crippen LogP contribution in [-0.4, -0.2) is 28.2 Å². The van der Waals surface area contributed by atoms with E-state index in [2.05, 4.69) is 153 Å². The van der Waals surface area contributed by atoms with Crippen LogP contribution in [0.5, 0.6) is 0 Å². The van der Waals surface area contributed by atoms with Gasteiger partial charge < -0.3 is 18.3 Å². The molecule has 5 aromatic heterocycles. The van der Waals surface area contributed by atoms with Crippen LogP contribution in [0.3, 0.4) is 0 Å². The molecule has 1 aliphatic carbocycles. The summed E-state index contributed by atoms with van der Waals surface area (Å²) in [6.45, 7) is 0. The molecule has 450 valence electrons. The fourth-order valence-electron chi connectivity index (χ4n) is 15.6. The number of halogens is 4. The average Bonchev–Trinajstić information content (AvgIpc) is 1.40. The Labute approximate surface area is 545 Å². The highest BCUT2D eigenvalue weighted by molar-refractivity contribution is 6.18. The van der Waals surface area contributed by atoms with E-state index in [0.717, 1.165) is 116 Å². The van der Waals surface area contributed by atoms with Crippen LogP contribution < -0.4 is 0 Å². The molecule has 0 N–H and O–H groups in total. The molecule has 5 heterocycles. The number of para-hydroxylation sites is 6. The van der Waals surface area contributed by atoms with Gasteiger partial charge in [0, 0.05) is 76.8 Å². The van der Waals surface area contributed by atoms with Gasteiger partial charge in [-0.25, -0.2) is 27.5 Å². The first-order valence-electron chi connectivity index (χ1n) is 32.0. The highest BCUT2D eigenvalue weighted by Gasteiger charge is 2.35. The van der Waals surface area contributed by atoms with Crippen molar-refractivity contribution < 1.29 is 17.6 Å². The molecule has 0 saturated carbocycles. The second-order valence-electron chi connectivity index (χ2n) is 24.9. The summed E-state index contributed by atoms with van der Waals surface area (Å²) in [6, 6.07) is 97.9. The van der Waals surface area contributed by atoms with Crippen molar-refractivity contribution in [3.05, 3.63) is 314 Å². The molecule has 14 aromatic carbocycles. The number of fused-ring (bicyclic) bond motifs is 15. The van der Waals surface area contributed by atoms with Crippen molar-refractivity contribution in [2.24, 2.45) is 0 Å². The molecule has 0 aliphatic heterocycles. The van der Waals surface area contributed by atoms with Gasteiger partial charge in [-0.15, -0.1) is 0 Å². The normalized spacial score (nSPS) is 12.2. The van der Waals surface area contributed by atoms with E-state index in [1.165, 1.54) is 9.95 Å². The first-order valence-corrected chi connectivity index (χ1v) is 32.0. The summed E-state index contributed by atoms with van der Waals surface area (Å²) in [6.07, 6.45) is 0. The predicted molar refractivity (Wildman–Crippen MR) is 383 cm³/mol. The van der Waals surface area contributed by atoms with Crippen LogP contribution in [0.25, 0.3) is 188 Å². The van der Waals surface area contributed by atoms with Gasteiger partial charge in [0.15, 0.2) is 29.1 Å². The molecule has 20 rings (SSSR count). The SMILES string of the molecule is Fc1c(F)c(-n2c3ccccc3c3cc(-c4ccc5c(c4)c4ccccc4n5-c4ccccc4)ccc32)c(F)c(F)c1-c1nc(-c2cccc(-n3c4ccccc4c4cc(-c5ccc6c(c5)c5ccccc5n6-c5ccccc5)ccc43)c2)c2c(n1)-c1cccc3cccc-2c13. The van der Waals surface area contributed by atoms with Gasteiger partial charge in [0.05, 0.1) is 61.1 Å². The third-order valence-corrected chi connectivity index (χ3v) is 19.8. The fourth-order valence-corrected chi connectivity index (χ4v) is 15.6. The fraction of sp³-hybridized carbons (Fsp3) is 0. The number of hydrogen-bond acceptors (Lipinski definition) is 2. The maximum atomic E-state index is 17.8. The van der Waals surface area contributed by atoms with Crippen LogP contribution >= 0.6 is 0 Å². The lowest BCUT2D eigenvalue weighted by molar-refractivity contribution is 0.453. The second-order valence-corrected chi connectivity index (χ2v) is 24.9. The summed E-state index contributed by atoms with van der Waals surface area (Å²) in [4.78, 5) is 9.98. The molecule has 10 heteroatoms. The molecule has 96 heavy (non-hydrogen) atoms. The molecule has 19 aromatic rings. The third-order valence-electron chi connectivity index (χ3n) is 19.8. The van der Waals surface area contributed by atoms with Crippen molar-refractivity contribution in [1.29, 1.82) is 0 Å². The molecule has 0 unspecified atom stereocenters. The van der Waals surface area contributed by atoms with Gasteiger partial charge in [0.2, 0.25) is 0 Å². The van der Waals surface area contributed by atoms with Crippen LogP contribution in [0.1, 0.15) is 0 Å². The second kappa shape index (κ2) is 20.4. The van der Waals surface area contributed by atoms with Crippen molar-refractivity contribution in [2.75, 3.05) is 0 Å². The summed E-state index contributed by atoms with van der Waals surface area (Å²) >= 11 is 0. The molecule has 0 atom stereocenters. The van der Waals surface area contributed by atoms with Gasteiger partial charge in [-0.2, -0.15) is 0 Å². The Morgan fingerprint density at radius 2 is 0.604 bits per heavy atom. The first kappa shape index (κ1) is 53.9. The van der Waals surface area contributed by atoms with E-state index in [-0.39, 0.29) is 0 Å². The van der Waals surface area contributed by atoms with Crippen molar-refractivity contribution in [1.82, 2.24) is 28.2 Å². The van der Waals surface area contributed by atoms with Crippen molar-refractivity contribution in [3.63, 3.8) is 0 Å². The number of benzene rings is 14. The molecule has 0 fully saturated rings. The Balaban J connectivity index is 0.719. The lowest BCUT2D eigenvalue weighted by atomic mass is 9.99. The van der Waals surface area contributed by atoms with E-state index in [1.54, 1.807) is 18.2 Å². The molecule has 0 saturated heterocycles. The summed E-state index contributed by atoms with van der Waals surface area (Å²) < 4.78 is 79.2. The van der Waals surface area contributed by atoms with Crippen molar-refractivity contribution >= 4 is 98.0 Å². The third kappa shape index (κ3) is 7.69. The first-order chi connectivity index (χ1) is 47.3. The zero-order valence-electron chi connectivity index (χ0n) is 50.9. The maximum absolute atomic E-state index is 17.8. The number of hydrogen-bond donors (Lipinski definition) is 0. The average molecular weight is 1240 g/mol. The van der Waals surface area contributed by atoms with E-state index in [4.69, 9.17) is 9.97 Å². The number of rotatable bonds is 8. The molecule has 6 nitrogen and oxygen atoms in total. The van der Waals surface area contributed by atoms with Gasteiger partial charge in [0.1, 0.15) is 5.69 Å². The zero-order chi connectivity index (χ0) is 63.6. The number of nitrogens with zero attached hydrogens (tertiary/aromatic N) is 6. The Morgan fingerprint density at radius 3 is 1.07 bits per heavy atom. The molecular weight excluding hydrogens is 1190 g/mol. The Hall–Kier alpha value is -12.7. The molecule has 0 bridgehead atoms. The van der Waals surface area contributed by atoms with Crippen LogP contribution in [-0.2, 0) is 0 Å². The Bertz CT molecular complexity index is 6540. The number of aromatic nitrogens is 6. The van der Waals surface area contributed by atoms with E-state index >= 15 is 17.6 Å². The Kier molecular flexibility index (Phi) is 11.5. The van der Waals surface area contributed by atoms with Gasteiger partial charge in [-0.3, -0.25) is 0 Å². The molecular formula is C86H48F4N6. The Morgan fingerprint density at radius 1 is 0.240 bits per heavy atom. The summed E-state index contributed by atoms with van der Waals surface area (Å²) in [5.74, 6) is -6.90. The van der Waals surface area contributed by atoms with Gasteiger partial charge in [0.25, 0.3) is 0 Å². The van der Waals surface area contributed by atoms with E-state index in [0.29, 0.717) is 49.9 Å². The van der Waals surface area contributed by atoms with Crippen LogP contribution in [0.2, 0.25) is 0 Å². The van der Waals surface area contributed by atoms with Crippen LogP contribution in [0, 0.1) is 23.3 Å². The topological polar surface area (TPSA) is 45.5 Å². The molecule has 1 aliphatic rings. The predicted octanol–water partition coefficient (Wildman–Crippen LogP) is 22.9. The summed E-state index contributed by atoms with van der Waals surface area (Å²) in [5.41, 5.74) is 15.5. The minimum absolute atomic E-state index is 0.343. The minimum Gasteiger partial charge on any atom is -0.309 e. The van der Waals surface area contributed by atoms with Crippen molar-refractivity contribution in [3.8, 4) is 90.0 Å². The highest BCUT2D eigenvalue weighted by Crippen LogP contribution is 2.52. The largest absolute Gasteiger partial charge is 0.309 e. The highest BCUT2D eigenvalue weighted by atomic mass is 19.2. The smallest absolute Gasteiger partial charge is 0.186 e. The van der Waals surface area contributed by atoms with Crippen LogP contribution in [0.15, 0.2) is 291 Å². The standard InChI is InChI=1S/C86H48F4N6/c87-79-78(80(88)82(90)85(81(79)89)96-71-35-14-10-29-61(71)67-48-53(39-43-75(67)96)51-37-41-73-65(46-51)59-27-8-12-33-69(59)94(73)56-23-5-2-6-24-56)86-91-83(77-62-30-16-18-49-19-17-31-63(76(49)62)84(77)92-86)54-20-15-25-57(44-54)95-70-34-13-9-28-60(70)66-47-52(38-42-74(66)95)50-36-40-72-64(45-50)58-26-7-11-32-68(58)93(72)55-21-3-1-4-22-55/h1-48H. The van der Waals surface area contributed by atoms with Gasteiger partial charge in [-0.05, 0) is 148 Å². The van der Waals surface area contributed by atoms with Gasteiger partial charge >= 0.3 is 0 Å². The van der Waals surface area contributed by atoms with E-state index in [9.17, 15) is 0 Å². The maximum Gasteiger partial charge on any atom is 0.186 e. The minimum atomic E-state index is -1.62. The molecule has 0 amide bonds. The van der Waals surface area contributed by atoms with Gasteiger partial charge in [-0.1, -0.05) is 182 Å². The summed E-state index contributed by atoms with van der Waals surface area (Å²) in [7, 11) is 0. The lowest BCUT2D eigenvalue weighted by Gasteiger charge is -2.17. The van der Waals surface area contributed by atoms with Crippen molar-refractivity contribution in [2.45, 2.75) is 0 Å². The lowest BCUT2D eigenvalue weighted by Crippen LogP contribution is -2.10.